The Morgan fingerprint density at radius 2 is 1.66 bits per heavy atom. The average Bonchev–Trinajstić information content (AvgIpc) is 3.37. The number of hydrogen-bond donors (Lipinski definition) is 4. The third-order valence-electron chi connectivity index (χ3n) is 17.0. The number of benzene rings is 1. The van der Waals surface area contributed by atoms with Gasteiger partial charge in [-0.25, -0.2) is 12.8 Å². The number of carbonyl (C=O) groups is 1. The van der Waals surface area contributed by atoms with E-state index in [4.69, 9.17) is 39.0 Å². The Morgan fingerprint density at radius 3 is 2.25 bits per heavy atom. The van der Waals surface area contributed by atoms with Crippen LogP contribution in [0.5, 0.6) is 0 Å². The zero-order valence-electron chi connectivity index (χ0n) is 48.0. The molecule has 19 nitrogen and oxygen atoms in total. The van der Waals surface area contributed by atoms with E-state index in [9.17, 15) is 32.9 Å². The number of nitrogens with zero attached hydrogens (tertiary/aromatic N) is 5. The molecule has 0 spiro atoms. The molecule has 0 bridgehead atoms. The van der Waals surface area contributed by atoms with Gasteiger partial charge < -0.3 is 64.1 Å². The molecule has 76 heavy (non-hydrogen) atoms. The second-order valence-electron chi connectivity index (χ2n) is 23.3. The number of alkyl halides is 1. The van der Waals surface area contributed by atoms with Crippen LogP contribution >= 0.6 is 0 Å². The second-order valence-corrected chi connectivity index (χ2v) is 25.2. The van der Waals surface area contributed by atoms with E-state index in [1.54, 1.807) is 33.1 Å². The summed E-state index contributed by atoms with van der Waals surface area (Å²) in [7, 11) is 3.28. The maximum absolute atomic E-state index is 14.7. The molecule has 0 aromatic heterocycles. The van der Waals surface area contributed by atoms with E-state index in [0.717, 1.165) is 0 Å². The van der Waals surface area contributed by atoms with Crippen LogP contribution in [0.1, 0.15) is 126 Å². The molecule has 18 atom stereocenters. The largest absolute Gasteiger partial charge is 0.459 e. The number of methoxy groups -OCH3 is 2. The molecule has 4 aliphatic heterocycles. The first-order valence-electron chi connectivity index (χ1n) is 27.5. The van der Waals surface area contributed by atoms with Crippen LogP contribution in [0.15, 0.2) is 39.3 Å². The van der Waals surface area contributed by atoms with Gasteiger partial charge in [0.2, 0.25) is 10.0 Å². The van der Waals surface area contributed by atoms with Crippen molar-refractivity contribution in [2.24, 2.45) is 39.6 Å². The van der Waals surface area contributed by atoms with Crippen LogP contribution < -0.4 is 5.84 Å². The van der Waals surface area contributed by atoms with Crippen LogP contribution in [0.2, 0.25) is 0 Å². The molecule has 0 amide bonds. The normalized spacial score (nSPS) is 38.6. The highest BCUT2D eigenvalue weighted by atomic mass is 32.2. The number of esters is 1. The summed E-state index contributed by atoms with van der Waals surface area (Å²) in [5, 5.41) is 40.6. The highest BCUT2D eigenvalue weighted by molar-refractivity contribution is 7.89. The number of rotatable bonds is 17. The molecular weight excluding hydrogens is 1000 g/mol. The number of nitrogens with two attached hydrogens (primary N) is 1. The number of hydrazone groups is 1. The minimum absolute atomic E-state index is 0.0485. The van der Waals surface area contributed by atoms with E-state index < -0.39 is 106 Å². The fraction of sp³-hybridized carbons (Fsp3) is 0.836. The average molecular weight is 1100 g/mol. The zero-order chi connectivity index (χ0) is 56.5. The second kappa shape index (κ2) is 27.6. The molecule has 1 aromatic carbocycles. The number of morpholine rings is 1. The monoisotopic (exact) mass is 1100 g/mol. The predicted molar refractivity (Wildman–Crippen MR) is 289 cm³/mol. The van der Waals surface area contributed by atoms with Gasteiger partial charge in [0.05, 0.1) is 65.4 Å². The molecular formula is C55H95FN6O13S. The van der Waals surface area contributed by atoms with Gasteiger partial charge in [0, 0.05) is 90.3 Å². The topological polar surface area (TPSA) is 237 Å². The third-order valence-corrected chi connectivity index (χ3v) is 18.9. The van der Waals surface area contributed by atoms with Gasteiger partial charge in [-0.1, -0.05) is 39.8 Å². The van der Waals surface area contributed by atoms with Gasteiger partial charge in [-0.2, -0.15) is 9.41 Å². The highest BCUT2D eigenvalue weighted by Crippen LogP contribution is 2.45. The summed E-state index contributed by atoms with van der Waals surface area (Å²) in [4.78, 5) is 23.4. The van der Waals surface area contributed by atoms with E-state index in [-0.39, 0.29) is 48.6 Å². The number of aliphatic imine (C=N–C) groups is 1. The Morgan fingerprint density at radius 1 is 1.00 bits per heavy atom. The smallest absolute Gasteiger partial charge is 0.309 e. The van der Waals surface area contributed by atoms with Crippen molar-refractivity contribution in [1.29, 1.82) is 0 Å². The van der Waals surface area contributed by atoms with E-state index in [0.29, 0.717) is 76.1 Å². The maximum atomic E-state index is 14.7. The van der Waals surface area contributed by atoms with Crippen molar-refractivity contribution in [1.82, 2.24) is 14.1 Å². The number of ether oxygens (including phenoxy) is 7. The van der Waals surface area contributed by atoms with Crippen LogP contribution in [-0.4, -0.2) is 208 Å². The molecule has 4 heterocycles. The number of halogens is 1. The van der Waals surface area contributed by atoms with Crippen molar-refractivity contribution in [2.75, 3.05) is 74.4 Å². The van der Waals surface area contributed by atoms with Crippen LogP contribution in [-0.2, 0) is 48.0 Å². The van der Waals surface area contributed by atoms with Crippen molar-refractivity contribution in [3.63, 3.8) is 0 Å². The number of hydrogen-bond acceptors (Lipinski definition) is 18. The quantitative estimate of drug-likeness (QED) is 0.0685. The number of cyclic esters (lactones) is 1. The molecule has 1 unspecified atom stereocenters. The lowest BCUT2D eigenvalue weighted by Crippen LogP contribution is -2.59. The lowest BCUT2D eigenvalue weighted by atomic mass is 9.69. The zero-order valence-corrected chi connectivity index (χ0v) is 48.8. The Hall–Kier alpha value is -2.77. The molecule has 21 heteroatoms. The molecule has 0 radical (unpaired) electrons. The molecule has 0 saturated carbocycles. The number of carbonyl (C=O) groups excluding carboxylic acids is 1. The molecule has 4 saturated heterocycles. The molecule has 0 aliphatic carbocycles. The predicted octanol–water partition coefficient (Wildman–Crippen LogP) is 5.13. The van der Waals surface area contributed by atoms with Crippen LogP contribution in [0.4, 0.5) is 4.39 Å². The first-order chi connectivity index (χ1) is 35.7. The summed E-state index contributed by atoms with van der Waals surface area (Å²) in [5.41, 5.74) is -2.83. The standard InChI is InChI=1S/C55H95FN6O13S/c1-15-46-55(10,66)50(63)39(7)61(12)33-34(2)28-54(9,65)51(37(5)48(38(6)52(64)74-46)45-30-53(8,70-14)29-36(4)72-45)75-47-27-42(26-35(3)73-47)60(11)21-20-41(59-57)32-58-44(31-56)49(69-13)40-16-18-43(19-17-40)76(67,68)62-22-24-71-25-23-62/h16-19,32,34-39,42,44-51,63,65-66H,15,20-31,33,57H2,1-14H3/t34-,35-,36+,37+,38-,39-,42+,44-,45-,46-,47+,48?,49-,50-,51-,53+,54-,55-/m1/s1. The van der Waals surface area contributed by atoms with Crippen molar-refractivity contribution in [3.05, 3.63) is 29.8 Å². The van der Waals surface area contributed by atoms with Gasteiger partial charge in [-0.05, 0) is 104 Å². The van der Waals surface area contributed by atoms with E-state index in [1.165, 1.54) is 36.7 Å². The van der Waals surface area contributed by atoms with Crippen molar-refractivity contribution in [3.8, 4) is 0 Å². The summed E-state index contributed by atoms with van der Waals surface area (Å²) in [5.74, 6) is 3.30. The Labute approximate surface area is 453 Å². The fourth-order valence-electron chi connectivity index (χ4n) is 12.5. The van der Waals surface area contributed by atoms with Crippen LogP contribution in [0, 0.1) is 23.7 Å². The third kappa shape index (κ3) is 15.8. The van der Waals surface area contributed by atoms with Gasteiger partial charge in [0.1, 0.15) is 36.6 Å². The minimum atomic E-state index is -3.72. The number of aliphatic hydroxyl groups is 3. The van der Waals surface area contributed by atoms with Gasteiger partial charge >= 0.3 is 5.97 Å². The summed E-state index contributed by atoms with van der Waals surface area (Å²) in [6.07, 6.45) is -1.14. The van der Waals surface area contributed by atoms with Crippen LogP contribution in [0.25, 0.3) is 0 Å². The summed E-state index contributed by atoms with van der Waals surface area (Å²) in [6, 6.07) is 4.67. The SMILES string of the molecule is CC[C@H]1OC(=O)[C@H](C)C([C@H]2C[C@@](C)(OC)C[C@H](C)O2)[C@H](C)[C@@H](O[C@H]2C[C@@H](N(C)CCC(C=N[C@H](CF)[C@H](OC)c3ccc(S(=O)(=O)N4CCOCC4)cc3)=NN)C[C@@H](C)O2)[C@](C)(O)C[C@@H](C)CN(C)[C@H](C)[C@@H](O)[C@]1(C)O. The molecule has 1 aromatic rings. The summed E-state index contributed by atoms with van der Waals surface area (Å²) < 4.78 is 86.4. The highest BCUT2D eigenvalue weighted by Gasteiger charge is 2.53. The Kier molecular flexibility index (Phi) is 23.3. The number of aliphatic hydroxyl groups excluding tert-OH is 1. The first-order valence-corrected chi connectivity index (χ1v) is 28.9. The maximum Gasteiger partial charge on any atom is 0.309 e. The number of sulfonamides is 1. The van der Waals surface area contributed by atoms with Gasteiger partial charge in [-0.15, -0.1) is 0 Å². The lowest BCUT2D eigenvalue weighted by Gasteiger charge is -2.50. The Bertz CT molecular complexity index is 2150. The van der Waals surface area contributed by atoms with E-state index in [1.807, 2.05) is 67.5 Å². The van der Waals surface area contributed by atoms with Gasteiger partial charge in [-0.3, -0.25) is 9.79 Å². The summed E-state index contributed by atoms with van der Waals surface area (Å²) in [6.45, 7) is 20.1. The van der Waals surface area contributed by atoms with Crippen molar-refractivity contribution < 1.29 is 66.1 Å². The van der Waals surface area contributed by atoms with E-state index >= 15 is 0 Å². The van der Waals surface area contributed by atoms with Crippen LogP contribution in [0.3, 0.4) is 0 Å². The molecule has 436 valence electrons. The Balaban J connectivity index is 1.37. The summed E-state index contributed by atoms with van der Waals surface area (Å²) >= 11 is 0. The van der Waals surface area contributed by atoms with Gasteiger partial charge in [0.25, 0.3) is 0 Å². The minimum Gasteiger partial charge on any atom is -0.459 e. The lowest BCUT2D eigenvalue weighted by molar-refractivity contribution is -0.271. The molecule has 5 rings (SSSR count). The van der Waals surface area contributed by atoms with Crippen molar-refractivity contribution in [2.45, 2.75) is 203 Å². The molecule has 4 aliphatic rings. The van der Waals surface area contributed by atoms with Gasteiger partial charge in [0.15, 0.2) is 6.29 Å². The van der Waals surface area contributed by atoms with E-state index in [2.05, 4.69) is 15.0 Å². The number of likely N-dealkylation sites (N-methyl/N-ethyl adjacent to an activating group) is 1. The molecule has 5 N–H and O–H groups in total. The first kappa shape index (κ1) is 64.1. The molecule has 4 fully saturated rings. The fourth-order valence-corrected chi connectivity index (χ4v) is 13.9. The van der Waals surface area contributed by atoms with Crippen molar-refractivity contribution >= 4 is 27.9 Å².